The molecule has 3 aromatic carbocycles. The standard InChI is InChI=1S/C24H17BrCl2N4O3S/c25-16-5-1-14(2-6-16)11-21-28-23(24(29-21)19-10-7-17(26)12-20(19)27)15-3-8-18(9-4-15)31-13-22(32)30-35(31,33)34/h1-10,12H,11,13H2,(H,28,29)(H,30,32). The van der Waals surface area contributed by atoms with Crippen LogP contribution in [0.15, 0.2) is 71.2 Å². The van der Waals surface area contributed by atoms with E-state index in [0.29, 0.717) is 27.8 Å². The first-order chi connectivity index (χ1) is 16.7. The Morgan fingerprint density at radius 3 is 2.34 bits per heavy atom. The van der Waals surface area contributed by atoms with Crippen LogP contribution in [0.25, 0.3) is 22.5 Å². The van der Waals surface area contributed by atoms with Gasteiger partial charge in [0.15, 0.2) is 0 Å². The van der Waals surface area contributed by atoms with Crippen molar-refractivity contribution in [1.29, 1.82) is 0 Å². The highest BCUT2D eigenvalue weighted by atomic mass is 79.9. The zero-order valence-corrected chi connectivity index (χ0v) is 21.8. The van der Waals surface area contributed by atoms with Crippen LogP contribution in [-0.4, -0.2) is 30.8 Å². The number of imidazole rings is 1. The van der Waals surface area contributed by atoms with Gasteiger partial charge in [0.2, 0.25) is 0 Å². The van der Waals surface area contributed by atoms with Crippen LogP contribution in [0.2, 0.25) is 10.0 Å². The molecule has 1 amide bonds. The minimum atomic E-state index is -3.88. The topological polar surface area (TPSA) is 95.2 Å². The van der Waals surface area contributed by atoms with Gasteiger partial charge in [-0.25, -0.2) is 14.0 Å². The van der Waals surface area contributed by atoms with E-state index in [9.17, 15) is 13.2 Å². The highest BCUT2D eigenvalue weighted by Crippen LogP contribution is 2.37. The molecule has 1 fully saturated rings. The molecule has 1 saturated heterocycles. The molecule has 1 aliphatic heterocycles. The molecular formula is C24H17BrCl2N4O3S. The van der Waals surface area contributed by atoms with E-state index in [4.69, 9.17) is 28.2 Å². The van der Waals surface area contributed by atoms with Crippen molar-refractivity contribution in [1.82, 2.24) is 14.7 Å². The fourth-order valence-corrected chi connectivity index (χ4v) is 5.78. The van der Waals surface area contributed by atoms with E-state index in [1.807, 2.05) is 35.1 Å². The Bertz CT molecular complexity index is 1540. The molecule has 1 aliphatic rings. The van der Waals surface area contributed by atoms with Gasteiger partial charge in [-0.05, 0) is 48.0 Å². The molecule has 0 radical (unpaired) electrons. The Kier molecular flexibility index (Phi) is 6.35. The van der Waals surface area contributed by atoms with Gasteiger partial charge in [-0.3, -0.25) is 4.79 Å². The van der Waals surface area contributed by atoms with Crippen molar-refractivity contribution in [3.05, 3.63) is 92.6 Å². The maximum atomic E-state index is 12.2. The molecule has 2 heterocycles. The predicted molar refractivity (Wildman–Crippen MR) is 141 cm³/mol. The van der Waals surface area contributed by atoms with Gasteiger partial charge < -0.3 is 4.98 Å². The number of hydrogen-bond donors (Lipinski definition) is 2. The summed E-state index contributed by atoms with van der Waals surface area (Å²) in [5.41, 5.74) is 4.33. The number of rotatable bonds is 5. The fraction of sp³-hybridized carbons (Fsp3) is 0.0833. The number of aromatic nitrogens is 2. The molecule has 178 valence electrons. The third-order valence-corrected chi connectivity index (χ3v) is 7.97. The van der Waals surface area contributed by atoms with E-state index in [0.717, 1.165) is 37.0 Å². The molecule has 7 nitrogen and oxygen atoms in total. The first-order valence-electron chi connectivity index (χ1n) is 10.4. The van der Waals surface area contributed by atoms with Gasteiger partial charge in [0, 0.05) is 27.0 Å². The number of H-pyrrole nitrogens is 1. The van der Waals surface area contributed by atoms with E-state index in [-0.39, 0.29) is 6.54 Å². The summed E-state index contributed by atoms with van der Waals surface area (Å²) in [5, 5.41) is 0.996. The van der Waals surface area contributed by atoms with Crippen molar-refractivity contribution in [3.8, 4) is 22.5 Å². The largest absolute Gasteiger partial charge is 0.341 e. The third-order valence-electron chi connectivity index (χ3n) is 5.49. The number of aromatic amines is 1. The summed E-state index contributed by atoms with van der Waals surface area (Å²) < 4.78 is 28.3. The number of halogens is 3. The smallest absolute Gasteiger partial charge is 0.326 e. The lowest BCUT2D eigenvalue weighted by molar-refractivity contribution is -0.117. The van der Waals surface area contributed by atoms with Crippen molar-refractivity contribution < 1.29 is 13.2 Å². The molecule has 0 atom stereocenters. The number of amides is 1. The first-order valence-corrected chi connectivity index (χ1v) is 13.4. The van der Waals surface area contributed by atoms with E-state index in [2.05, 4.69) is 20.9 Å². The summed E-state index contributed by atoms with van der Waals surface area (Å²) >= 11 is 16.1. The van der Waals surface area contributed by atoms with Crippen LogP contribution in [-0.2, 0) is 21.4 Å². The van der Waals surface area contributed by atoms with E-state index in [1.54, 1.807) is 36.4 Å². The first kappa shape index (κ1) is 23.9. The van der Waals surface area contributed by atoms with E-state index in [1.165, 1.54) is 0 Å². The van der Waals surface area contributed by atoms with Crippen LogP contribution >= 0.6 is 39.1 Å². The lowest BCUT2D eigenvalue weighted by Crippen LogP contribution is -2.29. The van der Waals surface area contributed by atoms with Crippen molar-refractivity contribution in [2.75, 3.05) is 10.8 Å². The Labute approximate surface area is 220 Å². The van der Waals surface area contributed by atoms with Crippen LogP contribution in [0.4, 0.5) is 5.69 Å². The molecule has 0 aliphatic carbocycles. The molecule has 0 spiro atoms. The summed E-state index contributed by atoms with van der Waals surface area (Å²) in [6.07, 6.45) is 0.573. The average molecular weight is 592 g/mol. The zero-order valence-electron chi connectivity index (χ0n) is 17.9. The molecular weight excluding hydrogens is 575 g/mol. The predicted octanol–water partition coefficient (Wildman–Crippen LogP) is 5.58. The Hall–Kier alpha value is -2.85. The van der Waals surface area contributed by atoms with Gasteiger partial charge in [0.1, 0.15) is 12.4 Å². The van der Waals surface area contributed by atoms with Crippen LogP contribution < -0.4 is 9.03 Å². The number of carbonyl (C=O) groups excluding carboxylic acids is 1. The monoisotopic (exact) mass is 590 g/mol. The Morgan fingerprint density at radius 1 is 1.00 bits per heavy atom. The second-order valence-corrected chi connectivity index (χ2v) is 11.3. The highest BCUT2D eigenvalue weighted by Gasteiger charge is 2.34. The van der Waals surface area contributed by atoms with Crippen LogP contribution in [0.3, 0.4) is 0 Å². The van der Waals surface area contributed by atoms with Gasteiger partial charge in [0.05, 0.1) is 22.1 Å². The van der Waals surface area contributed by atoms with Crippen molar-refractivity contribution >= 4 is 60.9 Å². The zero-order chi connectivity index (χ0) is 24.7. The van der Waals surface area contributed by atoms with Crippen molar-refractivity contribution in [2.45, 2.75) is 6.42 Å². The second-order valence-electron chi connectivity index (χ2n) is 7.92. The highest BCUT2D eigenvalue weighted by molar-refractivity contribution is 9.10. The second kappa shape index (κ2) is 9.31. The lowest BCUT2D eigenvalue weighted by atomic mass is 10.0. The fourth-order valence-electron chi connectivity index (χ4n) is 3.86. The quantitative estimate of drug-likeness (QED) is 0.316. The Balaban J connectivity index is 1.55. The maximum Gasteiger partial charge on any atom is 0.326 e. The summed E-state index contributed by atoms with van der Waals surface area (Å²) in [4.78, 5) is 19.8. The van der Waals surface area contributed by atoms with Gasteiger partial charge >= 0.3 is 10.2 Å². The lowest BCUT2D eigenvalue weighted by Gasteiger charge is -2.15. The number of nitrogens with one attached hydrogen (secondary N) is 2. The minimum absolute atomic E-state index is 0.257. The number of nitrogens with zero attached hydrogens (tertiary/aromatic N) is 2. The summed E-state index contributed by atoms with van der Waals surface area (Å²) in [5.74, 6) is 0.169. The summed E-state index contributed by atoms with van der Waals surface area (Å²) in [7, 11) is -3.88. The van der Waals surface area contributed by atoms with Gasteiger partial charge in [-0.15, -0.1) is 0 Å². The van der Waals surface area contributed by atoms with Crippen molar-refractivity contribution in [3.63, 3.8) is 0 Å². The van der Waals surface area contributed by atoms with Crippen LogP contribution in [0.5, 0.6) is 0 Å². The minimum Gasteiger partial charge on any atom is -0.341 e. The van der Waals surface area contributed by atoms with E-state index < -0.39 is 16.1 Å². The number of benzene rings is 3. The van der Waals surface area contributed by atoms with Crippen molar-refractivity contribution in [2.24, 2.45) is 0 Å². The molecule has 2 N–H and O–H groups in total. The maximum absolute atomic E-state index is 12.2. The summed E-state index contributed by atoms with van der Waals surface area (Å²) in [6.45, 7) is -0.257. The van der Waals surface area contributed by atoms with Gasteiger partial charge in [0.25, 0.3) is 5.91 Å². The summed E-state index contributed by atoms with van der Waals surface area (Å²) in [6, 6.07) is 20.0. The van der Waals surface area contributed by atoms with Gasteiger partial charge in [-0.2, -0.15) is 8.42 Å². The normalized spacial score (nSPS) is 14.8. The molecule has 11 heteroatoms. The average Bonchev–Trinajstić information content (AvgIpc) is 3.34. The molecule has 0 saturated carbocycles. The molecule has 35 heavy (non-hydrogen) atoms. The molecule has 0 bridgehead atoms. The number of carbonyl (C=O) groups is 1. The van der Waals surface area contributed by atoms with E-state index >= 15 is 0 Å². The number of anilines is 1. The molecule has 1 aromatic heterocycles. The SMILES string of the molecule is O=C1CN(c2ccc(-c3nc(Cc4ccc(Br)cc4)[nH]c3-c3ccc(Cl)cc3Cl)cc2)S(=O)(=O)N1. The molecule has 5 rings (SSSR count). The molecule has 0 unspecified atom stereocenters. The number of hydrogen-bond acceptors (Lipinski definition) is 4. The third kappa shape index (κ3) is 4.95. The Morgan fingerprint density at radius 2 is 1.71 bits per heavy atom. The van der Waals surface area contributed by atoms with Crippen LogP contribution in [0, 0.1) is 0 Å². The molecule has 4 aromatic rings. The van der Waals surface area contributed by atoms with Gasteiger partial charge in [-0.1, -0.05) is 63.4 Å². The van der Waals surface area contributed by atoms with Crippen LogP contribution in [0.1, 0.15) is 11.4 Å².